The van der Waals surface area contributed by atoms with E-state index in [9.17, 15) is 13.2 Å². The number of aryl methyl sites for hydroxylation is 1. The van der Waals surface area contributed by atoms with Crippen molar-refractivity contribution >= 4 is 22.3 Å². The van der Waals surface area contributed by atoms with Crippen LogP contribution in [-0.2, 0) is 6.18 Å². The molecule has 1 saturated heterocycles. The second kappa shape index (κ2) is 7.85. The Balaban J connectivity index is 1.46. The van der Waals surface area contributed by atoms with Crippen molar-refractivity contribution in [3.8, 4) is 11.1 Å². The van der Waals surface area contributed by atoms with E-state index in [4.69, 9.17) is 0 Å². The minimum absolute atomic E-state index is 0.0403. The third-order valence-electron chi connectivity index (χ3n) is 6.03. The van der Waals surface area contributed by atoms with Crippen LogP contribution in [0.5, 0.6) is 0 Å². The molecule has 164 valence electrons. The van der Waals surface area contributed by atoms with Crippen LogP contribution < -0.4 is 9.80 Å². The van der Waals surface area contributed by atoms with Gasteiger partial charge in [-0.25, -0.2) is 0 Å². The number of hydrogen-bond acceptors (Lipinski definition) is 4. The fourth-order valence-electron chi connectivity index (χ4n) is 4.40. The number of hydrogen-bond donors (Lipinski definition) is 1. The fraction of sp³-hybridized carbons (Fsp3) is 0.250. The number of nitrogens with zero attached hydrogens (tertiary/aromatic N) is 4. The lowest BCUT2D eigenvalue weighted by Crippen LogP contribution is -2.46. The number of benzene rings is 2. The smallest absolute Gasteiger partial charge is 0.368 e. The first kappa shape index (κ1) is 20.4. The number of rotatable bonds is 3. The van der Waals surface area contributed by atoms with E-state index < -0.39 is 11.9 Å². The molecule has 0 bridgehead atoms. The van der Waals surface area contributed by atoms with Crippen molar-refractivity contribution in [2.45, 2.75) is 13.1 Å². The van der Waals surface area contributed by atoms with E-state index in [-0.39, 0.29) is 5.56 Å². The Bertz CT molecular complexity index is 1260. The van der Waals surface area contributed by atoms with Gasteiger partial charge < -0.3 is 9.80 Å². The van der Waals surface area contributed by atoms with E-state index in [2.05, 4.69) is 50.1 Å². The highest BCUT2D eigenvalue weighted by atomic mass is 19.4. The van der Waals surface area contributed by atoms with Crippen LogP contribution >= 0.6 is 0 Å². The molecule has 1 N–H and O–H groups in total. The lowest BCUT2D eigenvalue weighted by atomic mass is 10.0. The van der Waals surface area contributed by atoms with Gasteiger partial charge in [-0.05, 0) is 42.3 Å². The molecule has 0 aliphatic carbocycles. The van der Waals surface area contributed by atoms with Crippen LogP contribution in [0.2, 0.25) is 0 Å². The van der Waals surface area contributed by atoms with E-state index in [1.165, 1.54) is 17.4 Å². The van der Waals surface area contributed by atoms with Crippen molar-refractivity contribution in [2.75, 3.05) is 36.0 Å². The molecule has 2 aromatic carbocycles. The molecule has 0 unspecified atom stereocenters. The third kappa shape index (κ3) is 3.66. The molecule has 0 amide bonds. The number of H-pyrrole nitrogens is 1. The molecule has 0 radical (unpaired) electrons. The molecule has 0 atom stereocenters. The number of aromatic nitrogens is 3. The molecule has 1 fully saturated rings. The highest BCUT2D eigenvalue weighted by Gasteiger charge is 2.36. The first-order chi connectivity index (χ1) is 15.4. The second-order valence-electron chi connectivity index (χ2n) is 7.98. The number of halogens is 3. The van der Waals surface area contributed by atoms with E-state index in [1.807, 2.05) is 12.1 Å². The van der Waals surface area contributed by atoms with Gasteiger partial charge >= 0.3 is 6.18 Å². The first-order valence-corrected chi connectivity index (χ1v) is 10.5. The van der Waals surface area contributed by atoms with Crippen molar-refractivity contribution in [3.05, 3.63) is 72.2 Å². The van der Waals surface area contributed by atoms with Gasteiger partial charge in [0.05, 0.1) is 11.7 Å². The number of aromatic amines is 1. The molecule has 0 saturated carbocycles. The molecule has 32 heavy (non-hydrogen) atoms. The summed E-state index contributed by atoms with van der Waals surface area (Å²) in [5.41, 5.74) is 3.90. The molecule has 2 aromatic heterocycles. The minimum atomic E-state index is -4.50. The van der Waals surface area contributed by atoms with Gasteiger partial charge in [-0.1, -0.05) is 24.3 Å². The van der Waals surface area contributed by atoms with Crippen LogP contribution in [0, 0.1) is 6.92 Å². The summed E-state index contributed by atoms with van der Waals surface area (Å²) in [5.74, 6) is 0. The second-order valence-corrected chi connectivity index (χ2v) is 7.98. The Hall–Kier alpha value is -3.55. The number of fused-ring (bicyclic) bond motifs is 1. The van der Waals surface area contributed by atoms with Gasteiger partial charge in [0.25, 0.3) is 0 Å². The number of pyridine rings is 1. The monoisotopic (exact) mass is 437 g/mol. The number of para-hydroxylation sites is 1. The van der Waals surface area contributed by atoms with E-state index in [0.29, 0.717) is 5.56 Å². The summed E-state index contributed by atoms with van der Waals surface area (Å²) in [6, 6.07) is 15.5. The largest absolute Gasteiger partial charge is 0.433 e. The zero-order valence-corrected chi connectivity index (χ0v) is 17.5. The van der Waals surface area contributed by atoms with E-state index in [0.717, 1.165) is 42.8 Å². The minimum Gasteiger partial charge on any atom is -0.368 e. The van der Waals surface area contributed by atoms with Crippen LogP contribution in [-0.4, -0.2) is 41.4 Å². The topological polar surface area (TPSA) is 48.1 Å². The third-order valence-corrected chi connectivity index (χ3v) is 6.03. The number of nitrogens with one attached hydrogen (secondary N) is 1. The molecule has 0 spiro atoms. The molecule has 8 heteroatoms. The van der Waals surface area contributed by atoms with Crippen LogP contribution in [0.3, 0.4) is 0 Å². The van der Waals surface area contributed by atoms with Crippen LogP contribution in [0.25, 0.3) is 22.0 Å². The molecule has 4 aromatic rings. The summed E-state index contributed by atoms with van der Waals surface area (Å²) in [7, 11) is 0. The predicted octanol–water partition coefficient (Wildman–Crippen LogP) is 5.28. The van der Waals surface area contributed by atoms with Crippen molar-refractivity contribution in [3.63, 3.8) is 0 Å². The summed E-state index contributed by atoms with van der Waals surface area (Å²) in [4.78, 5) is 9.08. The van der Waals surface area contributed by atoms with E-state index >= 15 is 0 Å². The summed E-state index contributed by atoms with van der Waals surface area (Å²) in [6.45, 7) is 5.49. The standard InChI is InChI=1S/C24H22F3N5/c1-16-4-2-3-5-21(16)31-10-12-32(13-11-31)22-8-9-28-20-7-6-17(14-18(20)22)19-15-29-30-23(19)24(25,26)27/h2-9,14-15H,10-13H2,1H3,(H,29,30). The van der Waals surface area contributed by atoms with Gasteiger partial charge in [0.1, 0.15) is 5.69 Å². The van der Waals surface area contributed by atoms with Crippen molar-refractivity contribution < 1.29 is 13.2 Å². The fourth-order valence-corrected chi connectivity index (χ4v) is 4.40. The van der Waals surface area contributed by atoms with Gasteiger partial charge in [0, 0.05) is 54.7 Å². The Kier molecular flexibility index (Phi) is 5.00. The molecular formula is C24H22F3N5. The molecule has 5 rings (SSSR count). The van der Waals surface area contributed by atoms with Gasteiger partial charge in [0.15, 0.2) is 0 Å². The Labute approximate surface area is 183 Å². The van der Waals surface area contributed by atoms with Crippen molar-refractivity contribution in [1.82, 2.24) is 15.2 Å². The summed E-state index contributed by atoms with van der Waals surface area (Å²) < 4.78 is 40.1. The van der Waals surface area contributed by atoms with Gasteiger partial charge in [-0.3, -0.25) is 10.1 Å². The van der Waals surface area contributed by atoms with Gasteiger partial charge in [-0.2, -0.15) is 18.3 Å². The summed E-state index contributed by atoms with van der Waals surface area (Å²) in [6.07, 6.45) is -1.52. The molecule has 5 nitrogen and oxygen atoms in total. The van der Waals surface area contributed by atoms with E-state index in [1.54, 1.807) is 24.4 Å². The Morgan fingerprint density at radius 1 is 0.906 bits per heavy atom. The molecular weight excluding hydrogens is 415 g/mol. The van der Waals surface area contributed by atoms with Crippen molar-refractivity contribution in [2.24, 2.45) is 0 Å². The summed E-state index contributed by atoms with van der Waals surface area (Å²) in [5, 5.41) is 6.55. The number of anilines is 2. The summed E-state index contributed by atoms with van der Waals surface area (Å²) >= 11 is 0. The van der Waals surface area contributed by atoms with Crippen molar-refractivity contribution in [1.29, 1.82) is 0 Å². The SMILES string of the molecule is Cc1ccccc1N1CCN(c2ccnc3ccc(-c4cn[nH]c4C(F)(F)F)cc23)CC1. The number of piperazine rings is 1. The lowest BCUT2D eigenvalue weighted by Gasteiger charge is -2.38. The average Bonchev–Trinajstić information content (AvgIpc) is 3.30. The van der Waals surface area contributed by atoms with Gasteiger partial charge in [0.2, 0.25) is 0 Å². The molecule has 1 aliphatic heterocycles. The molecule has 3 heterocycles. The maximum Gasteiger partial charge on any atom is 0.433 e. The average molecular weight is 437 g/mol. The maximum absolute atomic E-state index is 13.4. The zero-order chi connectivity index (χ0) is 22.3. The van der Waals surface area contributed by atoms with Crippen LogP contribution in [0.4, 0.5) is 24.5 Å². The quantitative estimate of drug-likeness (QED) is 0.474. The Morgan fingerprint density at radius 3 is 2.34 bits per heavy atom. The molecule has 1 aliphatic rings. The number of alkyl halides is 3. The zero-order valence-electron chi connectivity index (χ0n) is 17.5. The van der Waals surface area contributed by atoms with Crippen LogP contribution in [0.1, 0.15) is 11.3 Å². The maximum atomic E-state index is 13.4. The highest BCUT2D eigenvalue weighted by Crippen LogP contribution is 2.37. The normalized spacial score (nSPS) is 14.9. The van der Waals surface area contributed by atoms with Gasteiger partial charge in [-0.15, -0.1) is 0 Å². The van der Waals surface area contributed by atoms with Crippen LogP contribution in [0.15, 0.2) is 60.9 Å². The predicted molar refractivity (Wildman–Crippen MR) is 120 cm³/mol. The first-order valence-electron chi connectivity index (χ1n) is 10.5. The highest BCUT2D eigenvalue weighted by molar-refractivity contribution is 5.95. The lowest BCUT2D eigenvalue weighted by molar-refractivity contribution is -0.140. The Morgan fingerprint density at radius 2 is 1.62 bits per heavy atom.